The Kier molecular flexibility index (Phi) is 4.66. The zero-order valence-electron chi connectivity index (χ0n) is 12.8. The van der Waals surface area contributed by atoms with E-state index in [1.54, 1.807) is 11.0 Å². The minimum atomic E-state index is -0.627. The average Bonchev–Trinajstić information content (AvgIpc) is 3.07. The molecule has 1 aromatic carbocycles. The van der Waals surface area contributed by atoms with Crippen molar-refractivity contribution in [3.63, 3.8) is 0 Å². The number of aromatic nitrogens is 3. The van der Waals surface area contributed by atoms with Gasteiger partial charge in [0.25, 0.3) is 0 Å². The van der Waals surface area contributed by atoms with E-state index in [2.05, 4.69) is 10.1 Å². The molecule has 0 radical (unpaired) electrons. The number of aliphatic hydroxyl groups is 1. The molecule has 3 rings (SSSR count). The van der Waals surface area contributed by atoms with Gasteiger partial charge in [-0.1, -0.05) is 23.7 Å². The molecule has 1 aliphatic rings. The van der Waals surface area contributed by atoms with Gasteiger partial charge < -0.3 is 14.6 Å². The van der Waals surface area contributed by atoms with Crippen LogP contribution in [-0.4, -0.2) is 39.9 Å². The van der Waals surface area contributed by atoms with E-state index in [1.165, 1.54) is 6.33 Å². The fourth-order valence-corrected chi connectivity index (χ4v) is 2.79. The minimum absolute atomic E-state index is 0.183. The average molecular weight is 336 g/mol. The highest BCUT2D eigenvalue weighted by Crippen LogP contribution is 2.33. The van der Waals surface area contributed by atoms with Crippen molar-refractivity contribution in [1.29, 1.82) is 0 Å². The Labute approximate surface area is 139 Å². The summed E-state index contributed by atoms with van der Waals surface area (Å²) in [5.74, 6) is 0.183. The highest BCUT2D eigenvalue weighted by Gasteiger charge is 2.36. The predicted molar refractivity (Wildman–Crippen MR) is 85.9 cm³/mol. The second-order valence-electron chi connectivity index (χ2n) is 5.82. The second kappa shape index (κ2) is 6.70. The van der Waals surface area contributed by atoms with Crippen LogP contribution in [0.15, 0.2) is 42.7 Å². The monoisotopic (exact) mass is 335 g/mol. The van der Waals surface area contributed by atoms with E-state index in [0.29, 0.717) is 30.4 Å². The molecule has 0 atom stereocenters. The first-order valence-electron chi connectivity index (χ1n) is 7.26. The van der Waals surface area contributed by atoms with Crippen LogP contribution in [-0.2, 0) is 15.9 Å². The molecule has 2 heterocycles. The highest BCUT2D eigenvalue weighted by molar-refractivity contribution is 6.30. The normalized spacial score (nSPS) is 18.5. The van der Waals surface area contributed by atoms with Crippen molar-refractivity contribution in [3.05, 3.63) is 53.3 Å². The number of halogens is 1. The number of nitrogens with zero attached hydrogens (tertiary/aromatic N) is 3. The quantitative estimate of drug-likeness (QED) is 0.870. The lowest BCUT2D eigenvalue weighted by atomic mass is 9.87. The lowest BCUT2D eigenvalue weighted by Crippen LogP contribution is -2.37. The number of allylic oxidation sites excluding steroid dienone is 1. The van der Waals surface area contributed by atoms with Crippen molar-refractivity contribution in [2.24, 2.45) is 5.41 Å². The summed E-state index contributed by atoms with van der Waals surface area (Å²) in [7, 11) is 0. The summed E-state index contributed by atoms with van der Waals surface area (Å²) in [4.78, 5) is 3.97. The van der Waals surface area contributed by atoms with E-state index >= 15 is 0 Å². The van der Waals surface area contributed by atoms with Gasteiger partial charge in [0, 0.05) is 11.4 Å². The fourth-order valence-electron chi connectivity index (χ4n) is 2.58. The van der Waals surface area contributed by atoms with Crippen LogP contribution in [0.2, 0.25) is 5.02 Å². The third kappa shape index (κ3) is 3.55. The Morgan fingerprint density at radius 1 is 1.39 bits per heavy atom. The summed E-state index contributed by atoms with van der Waals surface area (Å²) in [5, 5.41) is 15.7. The maximum atomic E-state index is 10.9. The topological polar surface area (TPSA) is 69.4 Å². The number of hydrogen-bond acceptors (Lipinski definition) is 5. The van der Waals surface area contributed by atoms with Gasteiger partial charge in [0.2, 0.25) is 0 Å². The van der Waals surface area contributed by atoms with Crippen LogP contribution in [0.1, 0.15) is 12.5 Å². The van der Waals surface area contributed by atoms with Crippen LogP contribution in [0.5, 0.6) is 0 Å². The molecule has 2 aromatic rings. The Morgan fingerprint density at radius 3 is 2.83 bits per heavy atom. The van der Waals surface area contributed by atoms with Gasteiger partial charge in [0.1, 0.15) is 25.2 Å². The van der Waals surface area contributed by atoms with Crippen molar-refractivity contribution in [2.45, 2.75) is 13.3 Å². The van der Waals surface area contributed by atoms with Crippen LogP contribution in [0.4, 0.5) is 0 Å². The summed E-state index contributed by atoms with van der Waals surface area (Å²) >= 11 is 6.06. The molecule has 1 fully saturated rings. The molecule has 23 heavy (non-hydrogen) atoms. The Hall–Kier alpha value is -1.89. The lowest BCUT2D eigenvalue weighted by molar-refractivity contribution is -0.155. The molecule has 1 aromatic heterocycles. The Bertz CT molecular complexity index is 694. The first kappa shape index (κ1) is 16.0. The number of benzene rings is 1. The van der Waals surface area contributed by atoms with Gasteiger partial charge in [-0.25, -0.2) is 9.67 Å². The first-order valence-corrected chi connectivity index (χ1v) is 7.64. The van der Waals surface area contributed by atoms with E-state index < -0.39 is 5.41 Å². The fraction of sp³-hybridized carbons (Fsp3) is 0.375. The molecule has 0 bridgehead atoms. The molecule has 1 N–H and O–H groups in total. The van der Waals surface area contributed by atoms with E-state index in [-0.39, 0.29) is 12.6 Å². The van der Waals surface area contributed by atoms with Crippen LogP contribution in [0, 0.1) is 5.41 Å². The predicted octanol–water partition coefficient (Wildman–Crippen LogP) is 2.91. The van der Waals surface area contributed by atoms with Gasteiger partial charge in [-0.15, -0.1) is 0 Å². The van der Waals surface area contributed by atoms with Crippen molar-refractivity contribution >= 4 is 17.3 Å². The number of ether oxygens (including phenoxy) is 2. The van der Waals surface area contributed by atoms with Gasteiger partial charge >= 0.3 is 0 Å². The largest absolute Gasteiger partial charge is 0.510 e. The molecule has 0 spiro atoms. The molecule has 6 nitrogen and oxygen atoms in total. The maximum absolute atomic E-state index is 10.9. The molecule has 0 saturated carbocycles. The molecule has 1 saturated heterocycles. The molecule has 1 aliphatic heterocycles. The summed E-state index contributed by atoms with van der Waals surface area (Å²) in [6.07, 6.45) is 3.46. The van der Waals surface area contributed by atoms with Gasteiger partial charge in [-0.05, 0) is 24.6 Å². The number of aliphatic hydroxyl groups excluding tert-OH is 1. The number of rotatable bonds is 4. The van der Waals surface area contributed by atoms with Gasteiger partial charge in [-0.2, -0.15) is 5.10 Å². The van der Waals surface area contributed by atoms with Gasteiger partial charge in [-0.3, -0.25) is 0 Å². The van der Waals surface area contributed by atoms with E-state index in [4.69, 9.17) is 21.1 Å². The highest BCUT2D eigenvalue weighted by atomic mass is 35.5. The molecule has 122 valence electrons. The zero-order valence-corrected chi connectivity index (χ0v) is 13.5. The number of hydrogen-bond donors (Lipinski definition) is 1. The maximum Gasteiger partial charge on any atom is 0.146 e. The lowest BCUT2D eigenvalue weighted by Gasteiger charge is -2.33. The molecule has 7 heteroatoms. The first-order chi connectivity index (χ1) is 11.1. The van der Waals surface area contributed by atoms with E-state index in [9.17, 15) is 5.11 Å². The third-order valence-electron chi connectivity index (χ3n) is 3.81. The Morgan fingerprint density at radius 2 is 2.17 bits per heavy atom. The molecule has 0 unspecified atom stereocenters. The van der Waals surface area contributed by atoms with Crippen LogP contribution < -0.4 is 0 Å². The van der Waals surface area contributed by atoms with Crippen molar-refractivity contribution in [3.8, 4) is 0 Å². The standard InChI is InChI=1S/C16H18ClN3O3/c1-16(7-22-11-23-8-16)15(21)14(20-10-18-9-19-20)6-12-3-2-4-13(17)5-12/h2-5,9-10,21H,6-8,11H2,1H3/b15-14+. The summed E-state index contributed by atoms with van der Waals surface area (Å²) in [6.45, 7) is 2.91. The third-order valence-corrected chi connectivity index (χ3v) is 4.04. The molecule has 0 aliphatic carbocycles. The minimum Gasteiger partial charge on any atom is -0.510 e. The van der Waals surface area contributed by atoms with Crippen LogP contribution in [0.25, 0.3) is 5.70 Å². The molecular formula is C16H18ClN3O3. The van der Waals surface area contributed by atoms with Crippen molar-refractivity contribution < 1.29 is 14.6 Å². The summed E-state index contributed by atoms with van der Waals surface area (Å²) < 4.78 is 12.3. The SMILES string of the molecule is CC1(/C(O)=C(/Cc2cccc(Cl)c2)n2cncn2)COCOC1. The molecule has 0 amide bonds. The van der Waals surface area contributed by atoms with Crippen molar-refractivity contribution in [1.82, 2.24) is 14.8 Å². The van der Waals surface area contributed by atoms with Crippen LogP contribution >= 0.6 is 11.6 Å². The molecular weight excluding hydrogens is 318 g/mol. The van der Waals surface area contributed by atoms with Gasteiger partial charge in [0.05, 0.1) is 24.3 Å². The second-order valence-corrected chi connectivity index (χ2v) is 6.25. The Balaban J connectivity index is 2.00. The van der Waals surface area contributed by atoms with Crippen molar-refractivity contribution in [2.75, 3.05) is 20.0 Å². The van der Waals surface area contributed by atoms with Crippen LogP contribution in [0.3, 0.4) is 0 Å². The van der Waals surface area contributed by atoms with E-state index in [0.717, 1.165) is 5.56 Å². The van der Waals surface area contributed by atoms with E-state index in [1.807, 2.05) is 31.2 Å². The van der Waals surface area contributed by atoms with Gasteiger partial charge in [0.15, 0.2) is 0 Å². The zero-order chi connectivity index (χ0) is 16.3. The smallest absolute Gasteiger partial charge is 0.146 e. The summed E-state index contributed by atoms with van der Waals surface area (Å²) in [6, 6.07) is 7.50. The summed E-state index contributed by atoms with van der Waals surface area (Å²) in [5.41, 5.74) is 0.968.